The average Bonchev–Trinajstić information content (AvgIpc) is 2.46. The van der Waals surface area contributed by atoms with E-state index >= 15 is 0 Å². The molecule has 0 spiro atoms. The summed E-state index contributed by atoms with van der Waals surface area (Å²) in [5.41, 5.74) is 1.58. The zero-order valence-electron chi connectivity index (χ0n) is 11.6. The van der Waals surface area contributed by atoms with Gasteiger partial charge in [-0.05, 0) is 12.1 Å². The Balaban J connectivity index is 2.60. The largest absolute Gasteiger partial charge is 0.872 e. The van der Waals surface area contributed by atoms with Crippen LogP contribution < -0.4 is 14.4 Å². The second-order valence-corrected chi connectivity index (χ2v) is 4.80. The van der Waals surface area contributed by atoms with Gasteiger partial charge >= 0.3 is 5.97 Å². The van der Waals surface area contributed by atoms with Crippen molar-refractivity contribution >= 4 is 27.8 Å². The lowest BCUT2D eigenvalue weighted by molar-refractivity contribution is -0.617. The molecule has 0 bridgehead atoms. The van der Waals surface area contributed by atoms with Crippen LogP contribution in [0, 0.1) is 0 Å². The van der Waals surface area contributed by atoms with Crippen molar-refractivity contribution < 1.29 is 24.3 Å². The maximum atomic E-state index is 11.7. The van der Waals surface area contributed by atoms with Gasteiger partial charge in [0.05, 0.1) is 23.4 Å². The second kappa shape index (κ2) is 4.63. The first-order valence-corrected chi connectivity index (χ1v) is 6.36. The molecule has 0 aliphatic carbocycles. The number of hydrogen-bond acceptors (Lipinski definition) is 3. The Morgan fingerprint density at radius 2 is 1.76 bits per heavy atom. The third kappa shape index (κ3) is 1.94. The average molecular weight is 283 g/mol. The highest BCUT2D eigenvalue weighted by molar-refractivity contribution is 6.12. The number of carboxylic acid groups (broad SMARTS) is 1. The highest BCUT2D eigenvalue weighted by atomic mass is 16.5. The normalized spacial score (nSPS) is 11.0. The topological polar surface area (TPSA) is 73.5 Å². The molecule has 106 valence electrons. The third-order valence-corrected chi connectivity index (χ3v) is 3.65. The molecule has 3 aromatic rings. The van der Waals surface area contributed by atoms with Crippen molar-refractivity contribution in [3.63, 3.8) is 0 Å². The van der Waals surface area contributed by atoms with E-state index < -0.39 is 5.97 Å². The number of aryl methyl sites for hydroxylation is 1. The molecule has 2 aromatic carbocycles. The van der Waals surface area contributed by atoms with Crippen molar-refractivity contribution in [3.8, 4) is 11.5 Å². The van der Waals surface area contributed by atoms with Gasteiger partial charge in [-0.3, -0.25) is 0 Å². The lowest BCUT2D eigenvalue weighted by atomic mass is 10.0. The van der Waals surface area contributed by atoms with Crippen molar-refractivity contribution in [2.24, 2.45) is 7.05 Å². The smallest absolute Gasteiger partial charge is 0.337 e. The van der Waals surface area contributed by atoms with Gasteiger partial charge in [-0.25, -0.2) is 4.79 Å². The fourth-order valence-electron chi connectivity index (χ4n) is 2.65. The summed E-state index contributed by atoms with van der Waals surface area (Å²) >= 11 is 0. The van der Waals surface area contributed by atoms with E-state index in [1.54, 1.807) is 18.2 Å². The van der Waals surface area contributed by atoms with Gasteiger partial charge in [0.1, 0.15) is 12.8 Å². The van der Waals surface area contributed by atoms with Crippen LogP contribution in [0.4, 0.5) is 0 Å². The molecule has 1 N–H and O–H groups in total. The quantitative estimate of drug-likeness (QED) is 0.572. The zero-order chi connectivity index (χ0) is 15.1. The fraction of sp³-hybridized carbons (Fsp3) is 0.125. The standard InChI is InChI=1S/C16H13NO4/c1-17-13-5-3-9(18)7-11(13)15(16(19)20)12-8-10(21-2)4-6-14(12)17/h3-8H,1-2H3,(H-,18,19,20). The molecule has 0 fully saturated rings. The van der Waals surface area contributed by atoms with Gasteiger partial charge in [-0.2, -0.15) is 4.57 Å². The molecule has 0 saturated heterocycles. The van der Waals surface area contributed by atoms with Crippen LogP contribution >= 0.6 is 0 Å². The number of benzene rings is 2. The summed E-state index contributed by atoms with van der Waals surface area (Å²) in [6, 6.07) is 9.71. The van der Waals surface area contributed by atoms with Crippen LogP contribution in [0.5, 0.6) is 11.5 Å². The van der Waals surface area contributed by atoms with Gasteiger partial charge in [-0.15, -0.1) is 5.75 Å². The third-order valence-electron chi connectivity index (χ3n) is 3.65. The van der Waals surface area contributed by atoms with Crippen molar-refractivity contribution in [1.82, 2.24) is 0 Å². The molecule has 0 atom stereocenters. The molecule has 0 aliphatic rings. The zero-order valence-corrected chi connectivity index (χ0v) is 11.6. The van der Waals surface area contributed by atoms with E-state index in [1.807, 2.05) is 17.7 Å². The highest BCUT2D eigenvalue weighted by Crippen LogP contribution is 2.29. The number of pyridine rings is 1. The van der Waals surface area contributed by atoms with Gasteiger partial charge in [0, 0.05) is 12.1 Å². The van der Waals surface area contributed by atoms with Crippen LogP contribution in [0.2, 0.25) is 0 Å². The summed E-state index contributed by atoms with van der Waals surface area (Å²) in [5, 5.41) is 22.1. The number of rotatable bonds is 2. The Labute approximate surface area is 120 Å². The summed E-state index contributed by atoms with van der Waals surface area (Å²) in [5.74, 6) is -0.709. The molecule has 5 heteroatoms. The fourth-order valence-corrected chi connectivity index (χ4v) is 2.65. The molecule has 0 unspecified atom stereocenters. The van der Waals surface area contributed by atoms with Crippen LogP contribution in [-0.2, 0) is 7.05 Å². The Morgan fingerprint density at radius 3 is 2.38 bits per heavy atom. The number of fused-ring (bicyclic) bond motifs is 2. The summed E-state index contributed by atoms with van der Waals surface area (Å²) in [6.07, 6.45) is 0. The van der Waals surface area contributed by atoms with Gasteiger partial charge < -0.3 is 14.9 Å². The highest BCUT2D eigenvalue weighted by Gasteiger charge is 2.22. The maximum absolute atomic E-state index is 11.7. The Hall–Kier alpha value is -2.82. The van der Waals surface area contributed by atoms with Gasteiger partial charge in [-0.1, -0.05) is 12.1 Å². The predicted molar refractivity (Wildman–Crippen MR) is 75.6 cm³/mol. The Morgan fingerprint density at radius 1 is 1.14 bits per heavy atom. The van der Waals surface area contributed by atoms with Crippen LogP contribution in [0.15, 0.2) is 36.4 Å². The SMILES string of the molecule is COc1ccc2c(c1)c(C(=O)O)c1cc([O-])ccc1[n+]2C. The van der Waals surface area contributed by atoms with E-state index in [4.69, 9.17) is 4.74 Å². The molecular weight excluding hydrogens is 270 g/mol. The number of hydrogen-bond donors (Lipinski definition) is 1. The van der Waals surface area contributed by atoms with Gasteiger partial charge in [0.25, 0.3) is 0 Å². The number of methoxy groups -OCH3 is 1. The molecule has 0 aliphatic heterocycles. The minimum absolute atomic E-state index is 0.120. The number of carbonyl (C=O) groups is 1. The number of nitrogens with zero attached hydrogens (tertiary/aromatic N) is 1. The van der Waals surface area contributed by atoms with E-state index in [0.29, 0.717) is 22.0 Å². The van der Waals surface area contributed by atoms with Crippen molar-refractivity contribution in [1.29, 1.82) is 0 Å². The lowest BCUT2D eigenvalue weighted by Crippen LogP contribution is -2.31. The number of aromatic nitrogens is 1. The minimum atomic E-state index is -1.07. The lowest BCUT2D eigenvalue weighted by Gasteiger charge is -2.11. The first-order valence-electron chi connectivity index (χ1n) is 6.36. The summed E-state index contributed by atoms with van der Waals surface area (Å²) in [4.78, 5) is 11.7. The first kappa shape index (κ1) is 13.2. The maximum Gasteiger partial charge on any atom is 0.337 e. The molecule has 0 amide bonds. The molecule has 1 heterocycles. The van der Waals surface area contributed by atoms with E-state index in [-0.39, 0.29) is 11.3 Å². The molecule has 0 radical (unpaired) electrons. The van der Waals surface area contributed by atoms with Crippen LogP contribution in [-0.4, -0.2) is 18.2 Å². The summed E-state index contributed by atoms with van der Waals surface area (Å²) in [6.45, 7) is 0. The number of carboxylic acids is 1. The first-order chi connectivity index (χ1) is 10.0. The van der Waals surface area contributed by atoms with Gasteiger partial charge in [0.2, 0.25) is 11.0 Å². The number of ether oxygens (including phenoxy) is 1. The summed E-state index contributed by atoms with van der Waals surface area (Å²) in [7, 11) is 3.37. The predicted octanol–water partition coefficient (Wildman–Crippen LogP) is 1.60. The Bertz CT molecular complexity index is 886. The van der Waals surface area contributed by atoms with Crippen molar-refractivity contribution in [3.05, 3.63) is 42.0 Å². The molecule has 0 saturated carbocycles. The molecule has 21 heavy (non-hydrogen) atoms. The second-order valence-electron chi connectivity index (χ2n) is 4.80. The van der Waals surface area contributed by atoms with Crippen molar-refractivity contribution in [2.75, 3.05) is 7.11 Å². The molecular formula is C16H13NO4. The van der Waals surface area contributed by atoms with E-state index in [1.165, 1.54) is 19.2 Å². The monoisotopic (exact) mass is 283 g/mol. The molecule has 5 nitrogen and oxygen atoms in total. The van der Waals surface area contributed by atoms with Crippen LogP contribution in [0.25, 0.3) is 21.8 Å². The van der Waals surface area contributed by atoms with Gasteiger partial charge in [0.15, 0.2) is 0 Å². The van der Waals surface area contributed by atoms with E-state index in [0.717, 1.165) is 5.52 Å². The summed E-state index contributed by atoms with van der Waals surface area (Å²) < 4.78 is 7.04. The van der Waals surface area contributed by atoms with E-state index in [9.17, 15) is 15.0 Å². The minimum Gasteiger partial charge on any atom is -0.872 e. The van der Waals surface area contributed by atoms with Crippen LogP contribution in [0.1, 0.15) is 10.4 Å². The van der Waals surface area contributed by atoms with E-state index in [2.05, 4.69) is 0 Å². The van der Waals surface area contributed by atoms with Crippen LogP contribution in [0.3, 0.4) is 0 Å². The molecule has 1 aromatic heterocycles. The Kier molecular flexibility index (Phi) is 2.90. The number of aromatic carboxylic acids is 1. The molecule has 3 rings (SSSR count). The van der Waals surface area contributed by atoms with Crippen molar-refractivity contribution in [2.45, 2.75) is 0 Å².